The number of hydrogen-bond acceptors (Lipinski definition) is 4. The second-order valence-electron chi connectivity index (χ2n) is 3.38. The highest BCUT2D eigenvalue weighted by Gasteiger charge is 2.27. The molecule has 0 radical (unpaired) electrons. The fourth-order valence-electron chi connectivity index (χ4n) is 1.53. The van der Waals surface area contributed by atoms with Crippen molar-refractivity contribution in [1.29, 1.82) is 0 Å². The molecule has 0 atom stereocenters. The maximum absolute atomic E-state index is 12.1. The fourth-order valence-corrected chi connectivity index (χ4v) is 3.32. The van der Waals surface area contributed by atoms with Gasteiger partial charge < -0.3 is 5.73 Å². The average molecular weight is 228 g/mol. The summed E-state index contributed by atoms with van der Waals surface area (Å²) in [5, 5.41) is -0.381. The Hall–Kier alpha value is -1.10. The third-order valence-corrected chi connectivity index (χ3v) is 4.84. The van der Waals surface area contributed by atoms with Crippen LogP contribution in [0.4, 0.5) is 5.69 Å². The molecule has 1 aromatic heterocycles. The zero-order valence-electron chi connectivity index (χ0n) is 8.97. The molecule has 0 saturated heterocycles. The van der Waals surface area contributed by atoms with Crippen molar-refractivity contribution in [3.05, 3.63) is 18.3 Å². The Morgan fingerprint density at radius 1 is 1.40 bits per heavy atom. The molecule has 0 fully saturated rings. The minimum absolute atomic E-state index is 0.0127. The number of nitrogen functional groups attached to an aromatic ring is 1. The molecular formula is C10H16N2O2S. The largest absolute Gasteiger partial charge is 0.396 e. The van der Waals surface area contributed by atoms with Gasteiger partial charge >= 0.3 is 0 Å². The first kappa shape index (κ1) is 12.0. The Balaban J connectivity index is 3.23. The molecule has 0 amide bonds. The van der Waals surface area contributed by atoms with Gasteiger partial charge in [0.25, 0.3) is 0 Å². The molecule has 0 unspecified atom stereocenters. The number of hydrogen-bond donors (Lipinski definition) is 1. The first-order valence-corrected chi connectivity index (χ1v) is 6.53. The van der Waals surface area contributed by atoms with Crippen molar-refractivity contribution in [3.8, 4) is 0 Å². The number of aromatic nitrogens is 1. The SMILES string of the molecule is CCC(CC)S(=O)(=O)c1ncccc1N. The summed E-state index contributed by atoms with van der Waals surface area (Å²) in [6.07, 6.45) is 2.61. The minimum atomic E-state index is -3.37. The van der Waals surface area contributed by atoms with Gasteiger partial charge in [0.2, 0.25) is 9.84 Å². The minimum Gasteiger partial charge on any atom is -0.396 e. The lowest BCUT2D eigenvalue weighted by molar-refractivity contribution is 0.568. The van der Waals surface area contributed by atoms with E-state index in [2.05, 4.69) is 4.98 Å². The number of nitrogens with zero attached hydrogens (tertiary/aromatic N) is 1. The summed E-state index contributed by atoms with van der Waals surface area (Å²) in [7, 11) is -3.37. The molecule has 2 N–H and O–H groups in total. The highest BCUT2D eigenvalue weighted by molar-refractivity contribution is 7.92. The molecule has 0 aliphatic heterocycles. The average Bonchev–Trinajstić information content (AvgIpc) is 2.19. The second kappa shape index (κ2) is 4.61. The molecule has 1 heterocycles. The lowest BCUT2D eigenvalue weighted by Gasteiger charge is -2.13. The van der Waals surface area contributed by atoms with E-state index >= 15 is 0 Å². The molecular weight excluding hydrogens is 212 g/mol. The van der Waals surface area contributed by atoms with E-state index in [1.54, 1.807) is 12.1 Å². The Morgan fingerprint density at radius 2 is 2.00 bits per heavy atom. The van der Waals surface area contributed by atoms with Gasteiger partial charge in [-0.3, -0.25) is 0 Å². The first-order chi connectivity index (χ1) is 7.04. The maximum atomic E-state index is 12.1. The van der Waals surface area contributed by atoms with Gasteiger partial charge in [-0.2, -0.15) is 0 Å². The zero-order chi connectivity index (χ0) is 11.5. The molecule has 1 rings (SSSR count). The Kier molecular flexibility index (Phi) is 3.68. The van der Waals surface area contributed by atoms with Gasteiger partial charge in [0.05, 0.1) is 10.9 Å². The van der Waals surface area contributed by atoms with Gasteiger partial charge in [-0.1, -0.05) is 13.8 Å². The van der Waals surface area contributed by atoms with Crippen LogP contribution < -0.4 is 5.73 Å². The predicted octanol–water partition coefficient (Wildman–Crippen LogP) is 1.63. The monoisotopic (exact) mass is 228 g/mol. The fraction of sp³-hybridized carbons (Fsp3) is 0.500. The van der Waals surface area contributed by atoms with Crippen molar-refractivity contribution in [2.45, 2.75) is 37.0 Å². The molecule has 0 saturated carbocycles. The van der Waals surface area contributed by atoms with Crippen molar-refractivity contribution in [2.24, 2.45) is 0 Å². The zero-order valence-corrected chi connectivity index (χ0v) is 9.79. The molecule has 5 heteroatoms. The molecule has 0 aliphatic rings. The third kappa shape index (κ3) is 2.28. The normalized spacial score (nSPS) is 11.9. The standard InChI is InChI=1S/C10H16N2O2S/c1-3-8(4-2)15(13,14)10-9(11)6-5-7-12-10/h5-8H,3-4,11H2,1-2H3. The number of rotatable bonds is 4. The summed E-state index contributed by atoms with van der Waals surface area (Å²) >= 11 is 0. The van der Waals surface area contributed by atoms with Crippen LogP contribution >= 0.6 is 0 Å². The van der Waals surface area contributed by atoms with E-state index in [-0.39, 0.29) is 10.7 Å². The van der Waals surface area contributed by atoms with Crippen LogP contribution in [0.2, 0.25) is 0 Å². The molecule has 15 heavy (non-hydrogen) atoms. The Morgan fingerprint density at radius 3 is 2.47 bits per heavy atom. The van der Waals surface area contributed by atoms with E-state index in [0.29, 0.717) is 12.8 Å². The number of pyridine rings is 1. The van der Waals surface area contributed by atoms with Crippen molar-refractivity contribution < 1.29 is 8.42 Å². The molecule has 0 aromatic carbocycles. The van der Waals surface area contributed by atoms with Crippen LogP contribution in [-0.2, 0) is 9.84 Å². The Labute approximate surface area is 90.4 Å². The van der Waals surface area contributed by atoms with E-state index < -0.39 is 15.1 Å². The van der Waals surface area contributed by atoms with Crippen LogP contribution in [0.15, 0.2) is 23.4 Å². The summed E-state index contributed by atoms with van der Waals surface area (Å²) in [5.41, 5.74) is 5.84. The molecule has 0 spiro atoms. The van der Waals surface area contributed by atoms with Crippen molar-refractivity contribution in [1.82, 2.24) is 4.98 Å². The summed E-state index contributed by atoms with van der Waals surface area (Å²) < 4.78 is 24.1. The quantitative estimate of drug-likeness (QED) is 0.850. The first-order valence-electron chi connectivity index (χ1n) is 4.98. The van der Waals surface area contributed by atoms with Gasteiger partial charge in [0, 0.05) is 6.20 Å². The van der Waals surface area contributed by atoms with Gasteiger partial charge in [-0.15, -0.1) is 0 Å². The number of sulfone groups is 1. The van der Waals surface area contributed by atoms with Gasteiger partial charge in [-0.25, -0.2) is 13.4 Å². The lowest BCUT2D eigenvalue weighted by atomic mass is 10.3. The maximum Gasteiger partial charge on any atom is 0.200 e. The molecule has 0 bridgehead atoms. The summed E-state index contributed by atoms with van der Waals surface area (Å²) in [4.78, 5) is 3.85. The highest BCUT2D eigenvalue weighted by Crippen LogP contribution is 2.22. The Bertz CT molecular complexity index is 425. The van der Waals surface area contributed by atoms with Crippen LogP contribution in [0.3, 0.4) is 0 Å². The van der Waals surface area contributed by atoms with E-state index in [4.69, 9.17) is 5.73 Å². The smallest absolute Gasteiger partial charge is 0.200 e. The van der Waals surface area contributed by atoms with Crippen molar-refractivity contribution in [3.63, 3.8) is 0 Å². The van der Waals surface area contributed by atoms with Gasteiger partial charge in [0.15, 0.2) is 5.03 Å². The summed E-state index contributed by atoms with van der Waals surface area (Å²) in [6, 6.07) is 3.18. The van der Waals surface area contributed by atoms with Crippen LogP contribution in [0.1, 0.15) is 26.7 Å². The van der Waals surface area contributed by atoms with Gasteiger partial charge in [0.1, 0.15) is 0 Å². The summed E-state index contributed by atoms with van der Waals surface area (Å²) in [5.74, 6) is 0. The molecule has 4 nitrogen and oxygen atoms in total. The van der Waals surface area contributed by atoms with E-state index in [1.807, 2.05) is 13.8 Å². The van der Waals surface area contributed by atoms with E-state index in [0.717, 1.165) is 0 Å². The third-order valence-electron chi connectivity index (χ3n) is 2.42. The van der Waals surface area contributed by atoms with Crippen LogP contribution in [0, 0.1) is 0 Å². The van der Waals surface area contributed by atoms with E-state index in [9.17, 15) is 8.42 Å². The van der Waals surface area contributed by atoms with Crippen molar-refractivity contribution >= 4 is 15.5 Å². The van der Waals surface area contributed by atoms with E-state index in [1.165, 1.54) is 6.20 Å². The summed E-state index contributed by atoms with van der Waals surface area (Å²) in [6.45, 7) is 3.70. The molecule has 0 aliphatic carbocycles. The van der Waals surface area contributed by atoms with Crippen LogP contribution in [0.25, 0.3) is 0 Å². The number of anilines is 1. The van der Waals surface area contributed by atoms with Gasteiger partial charge in [-0.05, 0) is 25.0 Å². The molecule has 1 aromatic rings. The predicted molar refractivity (Wildman–Crippen MR) is 60.2 cm³/mol. The van der Waals surface area contributed by atoms with Crippen LogP contribution in [0.5, 0.6) is 0 Å². The number of nitrogens with two attached hydrogens (primary N) is 1. The second-order valence-corrected chi connectivity index (χ2v) is 5.52. The van der Waals surface area contributed by atoms with Crippen LogP contribution in [-0.4, -0.2) is 18.7 Å². The van der Waals surface area contributed by atoms with Crippen molar-refractivity contribution in [2.75, 3.05) is 5.73 Å². The highest BCUT2D eigenvalue weighted by atomic mass is 32.2. The molecule has 84 valence electrons. The lowest BCUT2D eigenvalue weighted by Crippen LogP contribution is -2.21. The topological polar surface area (TPSA) is 73.0 Å².